The average Bonchev–Trinajstić information content (AvgIpc) is 2.36. The van der Waals surface area contributed by atoms with Gasteiger partial charge in [0.2, 0.25) is 0 Å². The van der Waals surface area contributed by atoms with E-state index in [1.807, 2.05) is 12.2 Å². The lowest BCUT2D eigenvalue weighted by Gasteiger charge is -1.94. The van der Waals surface area contributed by atoms with E-state index in [0.29, 0.717) is 13.2 Å². The van der Waals surface area contributed by atoms with E-state index in [2.05, 4.69) is 13.2 Å². The Morgan fingerprint density at radius 1 is 0.588 bits per heavy atom. The van der Waals surface area contributed by atoms with Gasteiger partial charge >= 0.3 is 0 Å². The van der Waals surface area contributed by atoms with E-state index in [-0.39, 0.29) is 0 Å². The minimum Gasteiger partial charge on any atom is -0.396 e. The highest BCUT2D eigenvalue weighted by Gasteiger charge is 1.85. The summed E-state index contributed by atoms with van der Waals surface area (Å²) in [6.45, 7) is 7.90. The Hall–Kier alpha value is -0.600. The summed E-state index contributed by atoms with van der Waals surface area (Å²) >= 11 is 0. The molecule has 2 nitrogen and oxygen atoms in total. The van der Waals surface area contributed by atoms with Crippen LogP contribution in [-0.2, 0) is 0 Å². The van der Waals surface area contributed by atoms with Gasteiger partial charge in [0.15, 0.2) is 0 Å². The van der Waals surface area contributed by atoms with Gasteiger partial charge in [0.1, 0.15) is 0 Å². The third-order valence-corrected chi connectivity index (χ3v) is 2.38. The van der Waals surface area contributed by atoms with Crippen LogP contribution in [0.4, 0.5) is 0 Å². The van der Waals surface area contributed by atoms with E-state index in [4.69, 9.17) is 10.2 Å². The van der Waals surface area contributed by atoms with Crippen molar-refractivity contribution >= 4 is 0 Å². The molecule has 0 heterocycles. The van der Waals surface area contributed by atoms with Crippen LogP contribution in [0.5, 0.6) is 0 Å². The quantitative estimate of drug-likeness (QED) is 0.427. The molecule has 0 aromatic carbocycles. The SMILES string of the molecule is C=CCCCCCCO.C=CCCCCCO. The second kappa shape index (κ2) is 20.8. The molecule has 2 heteroatoms. The third-order valence-electron chi connectivity index (χ3n) is 2.38. The molecule has 0 saturated carbocycles. The number of aliphatic hydroxyl groups is 2. The third kappa shape index (κ3) is 25.6. The van der Waals surface area contributed by atoms with Crippen LogP contribution >= 0.6 is 0 Å². The van der Waals surface area contributed by atoms with Crippen LogP contribution in [0.2, 0.25) is 0 Å². The van der Waals surface area contributed by atoms with Crippen molar-refractivity contribution in [2.24, 2.45) is 0 Å². The summed E-state index contributed by atoms with van der Waals surface area (Å²) < 4.78 is 0. The van der Waals surface area contributed by atoms with Gasteiger partial charge in [-0.3, -0.25) is 0 Å². The molecule has 0 unspecified atom stereocenters. The van der Waals surface area contributed by atoms with Crippen LogP contribution in [0.15, 0.2) is 25.3 Å². The van der Waals surface area contributed by atoms with E-state index in [9.17, 15) is 0 Å². The van der Waals surface area contributed by atoms with Crippen molar-refractivity contribution in [3.63, 3.8) is 0 Å². The molecule has 0 radical (unpaired) electrons. The lowest BCUT2D eigenvalue weighted by atomic mass is 10.1. The monoisotopic (exact) mass is 242 g/mol. The van der Waals surface area contributed by atoms with Crippen LogP contribution in [-0.4, -0.2) is 23.4 Å². The molecule has 0 atom stereocenters. The number of allylic oxidation sites excluding steroid dienone is 2. The van der Waals surface area contributed by atoms with Crippen molar-refractivity contribution in [1.29, 1.82) is 0 Å². The van der Waals surface area contributed by atoms with E-state index in [1.165, 1.54) is 19.3 Å². The maximum Gasteiger partial charge on any atom is 0.0431 e. The molecule has 0 rings (SSSR count). The zero-order valence-corrected chi connectivity index (χ0v) is 11.2. The number of aliphatic hydroxyl groups excluding tert-OH is 2. The molecule has 102 valence electrons. The minimum atomic E-state index is 0.330. The molecule has 0 aliphatic rings. The van der Waals surface area contributed by atoms with Gasteiger partial charge < -0.3 is 10.2 Å². The summed E-state index contributed by atoms with van der Waals surface area (Å²) in [5.41, 5.74) is 0. The fraction of sp³-hybridized carbons (Fsp3) is 0.733. The fourth-order valence-electron chi connectivity index (χ4n) is 1.33. The van der Waals surface area contributed by atoms with E-state index < -0.39 is 0 Å². The van der Waals surface area contributed by atoms with Crippen LogP contribution < -0.4 is 0 Å². The highest BCUT2D eigenvalue weighted by atomic mass is 16.3. The first-order valence-electron chi connectivity index (χ1n) is 6.77. The molecule has 0 aromatic heterocycles. The molecular weight excluding hydrogens is 212 g/mol. The second-order valence-corrected chi connectivity index (χ2v) is 4.08. The Morgan fingerprint density at radius 3 is 1.29 bits per heavy atom. The molecule has 0 amide bonds. The Bertz CT molecular complexity index is 144. The maximum absolute atomic E-state index is 8.40. The van der Waals surface area contributed by atoms with Crippen LogP contribution in [0, 0.1) is 0 Å². The van der Waals surface area contributed by atoms with Crippen LogP contribution in [0.3, 0.4) is 0 Å². The van der Waals surface area contributed by atoms with Crippen molar-refractivity contribution in [3.8, 4) is 0 Å². The summed E-state index contributed by atoms with van der Waals surface area (Å²) in [7, 11) is 0. The van der Waals surface area contributed by atoms with E-state index in [0.717, 1.165) is 38.5 Å². The summed E-state index contributed by atoms with van der Waals surface area (Å²) in [6, 6.07) is 0. The molecule has 2 N–H and O–H groups in total. The van der Waals surface area contributed by atoms with Gasteiger partial charge in [0.25, 0.3) is 0 Å². The lowest BCUT2D eigenvalue weighted by Crippen LogP contribution is -1.82. The zero-order valence-electron chi connectivity index (χ0n) is 11.2. The van der Waals surface area contributed by atoms with Gasteiger partial charge in [-0.15, -0.1) is 13.2 Å². The van der Waals surface area contributed by atoms with Gasteiger partial charge in [-0.25, -0.2) is 0 Å². The summed E-state index contributed by atoms with van der Waals surface area (Å²) in [5.74, 6) is 0. The van der Waals surface area contributed by atoms with Gasteiger partial charge in [0, 0.05) is 13.2 Å². The highest BCUT2D eigenvalue weighted by Crippen LogP contribution is 2.01. The zero-order chi connectivity index (χ0) is 13.2. The first-order chi connectivity index (χ1) is 8.33. The van der Waals surface area contributed by atoms with Crippen molar-refractivity contribution in [2.75, 3.05) is 13.2 Å². The summed E-state index contributed by atoms with van der Waals surface area (Å²) in [5, 5.41) is 16.7. The number of unbranched alkanes of at least 4 members (excludes halogenated alkanes) is 7. The first-order valence-corrected chi connectivity index (χ1v) is 6.77. The number of rotatable bonds is 11. The topological polar surface area (TPSA) is 40.5 Å². The van der Waals surface area contributed by atoms with Gasteiger partial charge in [0.05, 0.1) is 0 Å². The minimum absolute atomic E-state index is 0.330. The van der Waals surface area contributed by atoms with Crippen molar-refractivity contribution in [1.82, 2.24) is 0 Å². The lowest BCUT2D eigenvalue weighted by molar-refractivity contribution is 0.282. The molecule has 0 aromatic rings. The van der Waals surface area contributed by atoms with Crippen LogP contribution in [0.25, 0.3) is 0 Å². The fourth-order valence-corrected chi connectivity index (χ4v) is 1.33. The number of hydrogen-bond donors (Lipinski definition) is 2. The first kappa shape index (κ1) is 18.8. The maximum atomic E-state index is 8.40. The Balaban J connectivity index is 0. The largest absolute Gasteiger partial charge is 0.396 e. The molecule has 0 bridgehead atoms. The van der Waals surface area contributed by atoms with Gasteiger partial charge in [-0.2, -0.15) is 0 Å². The molecule has 0 fully saturated rings. The molecule has 0 aliphatic heterocycles. The van der Waals surface area contributed by atoms with Gasteiger partial charge in [-0.1, -0.05) is 31.4 Å². The Morgan fingerprint density at radius 2 is 0.941 bits per heavy atom. The van der Waals surface area contributed by atoms with Crippen molar-refractivity contribution < 1.29 is 10.2 Å². The predicted molar refractivity (Wildman–Crippen MR) is 76.1 cm³/mol. The van der Waals surface area contributed by atoms with Gasteiger partial charge in [-0.05, 0) is 38.5 Å². The molecule has 0 saturated heterocycles. The Labute approximate surface area is 107 Å². The summed E-state index contributed by atoms with van der Waals surface area (Å²) in [6.07, 6.45) is 13.9. The predicted octanol–water partition coefficient (Wildman–Crippen LogP) is 3.84. The average molecular weight is 242 g/mol. The van der Waals surface area contributed by atoms with Crippen LogP contribution in [0.1, 0.15) is 57.8 Å². The highest BCUT2D eigenvalue weighted by molar-refractivity contribution is 4.65. The normalized spacial score (nSPS) is 9.29. The van der Waals surface area contributed by atoms with Crippen molar-refractivity contribution in [2.45, 2.75) is 57.8 Å². The standard InChI is InChI=1S/C8H16O.C7H14O/c1-2-3-4-5-6-7-8-9;1-2-3-4-5-6-7-8/h2,9H,1,3-8H2;2,8H,1,3-7H2. The Kier molecular flexibility index (Phi) is 22.9. The smallest absolute Gasteiger partial charge is 0.0431 e. The molecule has 17 heavy (non-hydrogen) atoms. The number of hydrogen-bond acceptors (Lipinski definition) is 2. The second-order valence-electron chi connectivity index (χ2n) is 4.08. The van der Waals surface area contributed by atoms with Crippen molar-refractivity contribution in [3.05, 3.63) is 25.3 Å². The summed E-state index contributed by atoms with van der Waals surface area (Å²) in [4.78, 5) is 0. The van der Waals surface area contributed by atoms with E-state index >= 15 is 0 Å². The molecule has 0 spiro atoms. The molecule has 0 aliphatic carbocycles. The molecular formula is C15H30O2. The van der Waals surface area contributed by atoms with E-state index in [1.54, 1.807) is 0 Å².